The fraction of sp³-hybridized carbons (Fsp3) is 0.226. The van der Waals surface area contributed by atoms with Crippen LogP contribution in [0.2, 0.25) is 0 Å². The fourth-order valence-corrected chi connectivity index (χ4v) is 4.99. The van der Waals surface area contributed by atoms with Crippen molar-refractivity contribution >= 4 is 23.1 Å². The first-order valence-corrected chi connectivity index (χ1v) is 12.3. The molecule has 37 heavy (non-hydrogen) atoms. The van der Waals surface area contributed by atoms with Crippen LogP contribution in [0.1, 0.15) is 34.7 Å². The minimum atomic E-state index is -1.16. The Kier molecular flexibility index (Phi) is 7.58. The van der Waals surface area contributed by atoms with Crippen LogP contribution < -0.4 is 0 Å². The summed E-state index contributed by atoms with van der Waals surface area (Å²) in [5, 5.41) is 8.83. The third-order valence-corrected chi connectivity index (χ3v) is 7.14. The highest BCUT2D eigenvalue weighted by Crippen LogP contribution is 2.35. The number of benzene rings is 2. The molecule has 1 N–H and O–H groups in total. The lowest BCUT2D eigenvalue weighted by atomic mass is 9.94. The van der Waals surface area contributed by atoms with Crippen LogP contribution in [-0.4, -0.2) is 33.8 Å². The second-order valence-electron chi connectivity index (χ2n) is 9.25. The van der Waals surface area contributed by atoms with E-state index in [0.29, 0.717) is 13.1 Å². The molecule has 1 aliphatic rings. The minimum Gasteiger partial charge on any atom is -0.446 e. The number of rotatable bonds is 11. The van der Waals surface area contributed by atoms with Crippen LogP contribution in [0.5, 0.6) is 0 Å². The minimum absolute atomic E-state index is 0.0705. The van der Waals surface area contributed by atoms with Gasteiger partial charge in [-0.15, -0.1) is 0 Å². The van der Waals surface area contributed by atoms with Crippen molar-refractivity contribution in [3.63, 3.8) is 0 Å². The van der Waals surface area contributed by atoms with Crippen LogP contribution >= 0.6 is 0 Å². The molecule has 4 rings (SSSR count). The molecule has 6 heteroatoms. The van der Waals surface area contributed by atoms with Gasteiger partial charge in [0.05, 0.1) is 13.0 Å². The molecule has 1 aliphatic heterocycles. The van der Waals surface area contributed by atoms with Crippen molar-refractivity contribution in [2.24, 2.45) is 0 Å². The van der Waals surface area contributed by atoms with E-state index in [1.54, 1.807) is 12.1 Å². The summed E-state index contributed by atoms with van der Waals surface area (Å²) >= 11 is 0. The Bertz CT molecular complexity index is 1350. The number of hydrogen-bond acceptors (Lipinski definition) is 4. The molecule has 0 spiro atoms. The summed E-state index contributed by atoms with van der Waals surface area (Å²) in [7, 11) is 0. The van der Waals surface area contributed by atoms with Crippen LogP contribution in [-0.2, 0) is 29.0 Å². The van der Waals surface area contributed by atoms with Crippen molar-refractivity contribution in [1.29, 1.82) is 5.41 Å². The molecule has 2 heterocycles. The Morgan fingerprint density at radius 2 is 1.81 bits per heavy atom. The molecule has 0 amide bonds. The van der Waals surface area contributed by atoms with Crippen LogP contribution in [0.15, 0.2) is 93.2 Å². The number of halogens is 1. The number of ether oxygens (including phenoxy) is 1. The van der Waals surface area contributed by atoms with Gasteiger partial charge >= 0.3 is 5.97 Å². The Hall–Kier alpha value is -4.19. The molecule has 0 saturated heterocycles. The lowest BCUT2D eigenvalue weighted by Crippen LogP contribution is -2.30. The zero-order chi connectivity index (χ0) is 26.6. The molecular weight excluding hydrogens is 465 g/mol. The fourth-order valence-electron chi connectivity index (χ4n) is 4.99. The van der Waals surface area contributed by atoms with Gasteiger partial charge in [0.2, 0.25) is 0 Å². The number of fused-ring (bicyclic) bond motifs is 3. The summed E-state index contributed by atoms with van der Waals surface area (Å²) in [6, 6.07) is 12.3. The van der Waals surface area contributed by atoms with Crippen molar-refractivity contribution < 1.29 is 13.9 Å². The summed E-state index contributed by atoms with van der Waals surface area (Å²) in [4.78, 5) is 15.3. The van der Waals surface area contributed by atoms with E-state index in [9.17, 15) is 9.18 Å². The highest BCUT2D eigenvalue weighted by molar-refractivity contribution is 5.91. The van der Waals surface area contributed by atoms with Gasteiger partial charge in [0.15, 0.2) is 5.60 Å². The van der Waals surface area contributed by atoms with Crippen LogP contribution in [0.3, 0.4) is 0 Å². The number of hydrogen-bond donors (Lipinski definition) is 1. The van der Waals surface area contributed by atoms with Crippen molar-refractivity contribution in [2.75, 3.05) is 6.54 Å². The van der Waals surface area contributed by atoms with E-state index >= 15 is 0 Å². The number of nitrogens with zero attached hydrogens (tertiary/aromatic N) is 2. The summed E-state index contributed by atoms with van der Waals surface area (Å²) in [6.45, 7) is 17.3. The zero-order valence-electron chi connectivity index (χ0n) is 21.0. The standard InChI is InChI=1S/C31H32FN3O2/c1-5-31(6-2,7-3)37-30(36)18-24(23-10-12-25(32)13-11-23)20-35-28-14-9-22(19-33)17-27(28)26-15-16-34(8-4)21-29(26)35/h5-14,17,19,24,33H,1-4,15-16,18,20-21H2. The van der Waals surface area contributed by atoms with Crippen LogP contribution in [0.25, 0.3) is 10.9 Å². The largest absolute Gasteiger partial charge is 0.446 e. The summed E-state index contributed by atoms with van der Waals surface area (Å²) in [5.41, 5.74) is 3.97. The maximum absolute atomic E-state index is 13.8. The lowest BCUT2D eigenvalue weighted by molar-refractivity contribution is -0.149. The number of esters is 1. The normalized spacial score (nSPS) is 13.9. The number of nitrogens with one attached hydrogen (secondary N) is 1. The summed E-state index contributed by atoms with van der Waals surface area (Å²) in [5.74, 6) is -1.05. The first-order chi connectivity index (χ1) is 17.9. The predicted octanol–water partition coefficient (Wildman–Crippen LogP) is 6.29. The summed E-state index contributed by atoms with van der Waals surface area (Å²) < 4.78 is 21.7. The van der Waals surface area contributed by atoms with Gasteiger partial charge in [-0.05, 0) is 71.8 Å². The molecular formula is C31H32FN3O2. The van der Waals surface area contributed by atoms with E-state index in [1.807, 2.05) is 18.3 Å². The van der Waals surface area contributed by atoms with Gasteiger partial charge in [-0.3, -0.25) is 4.79 Å². The van der Waals surface area contributed by atoms with E-state index in [0.717, 1.165) is 40.7 Å². The molecule has 5 nitrogen and oxygen atoms in total. The zero-order valence-corrected chi connectivity index (χ0v) is 21.0. The molecule has 0 radical (unpaired) electrons. The van der Waals surface area contributed by atoms with Gasteiger partial charge < -0.3 is 19.6 Å². The average molecular weight is 498 g/mol. The molecule has 0 saturated carbocycles. The molecule has 1 atom stereocenters. The maximum Gasteiger partial charge on any atom is 0.307 e. The highest BCUT2D eigenvalue weighted by Gasteiger charge is 2.29. The molecule has 190 valence electrons. The Labute approximate surface area is 217 Å². The van der Waals surface area contributed by atoms with Gasteiger partial charge in [0.25, 0.3) is 0 Å². The number of aromatic nitrogens is 1. The third-order valence-electron chi connectivity index (χ3n) is 7.14. The lowest BCUT2D eigenvalue weighted by Gasteiger charge is -2.29. The molecule has 3 aromatic rings. The molecule has 0 bridgehead atoms. The van der Waals surface area contributed by atoms with Crippen molar-refractivity contribution in [3.05, 3.63) is 121 Å². The summed E-state index contributed by atoms with van der Waals surface area (Å²) in [6.07, 6.45) is 8.58. The van der Waals surface area contributed by atoms with Gasteiger partial charge in [-0.1, -0.05) is 44.5 Å². The second-order valence-corrected chi connectivity index (χ2v) is 9.25. The molecule has 1 aromatic heterocycles. The number of carbonyl (C=O) groups is 1. The first-order valence-electron chi connectivity index (χ1n) is 12.3. The van der Waals surface area contributed by atoms with Gasteiger partial charge in [-0.25, -0.2) is 4.39 Å². The quantitative estimate of drug-likeness (QED) is 0.192. The van der Waals surface area contributed by atoms with E-state index in [-0.39, 0.29) is 18.2 Å². The molecule has 1 unspecified atom stereocenters. The Morgan fingerprint density at radius 1 is 1.11 bits per heavy atom. The Morgan fingerprint density at radius 3 is 2.43 bits per heavy atom. The van der Waals surface area contributed by atoms with E-state index < -0.39 is 11.6 Å². The molecule has 0 aliphatic carbocycles. The van der Waals surface area contributed by atoms with E-state index in [2.05, 4.69) is 41.8 Å². The highest BCUT2D eigenvalue weighted by atomic mass is 19.1. The predicted molar refractivity (Wildman–Crippen MR) is 147 cm³/mol. The van der Waals surface area contributed by atoms with Crippen molar-refractivity contribution in [3.8, 4) is 0 Å². The second kappa shape index (κ2) is 10.8. The van der Waals surface area contributed by atoms with Crippen LogP contribution in [0.4, 0.5) is 4.39 Å². The molecule has 2 aromatic carbocycles. The maximum atomic E-state index is 13.8. The van der Waals surface area contributed by atoms with Crippen molar-refractivity contribution in [2.45, 2.75) is 37.5 Å². The van der Waals surface area contributed by atoms with E-state index in [4.69, 9.17) is 10.1 Å². The SMILES string of the molecule is C=CN1CCc2c(n(CC(CC(=O)OC(C=C)(C=C)C=C)c3ccc(F)cc3)c3ccc(C=N)cc23)C1. The average Bonchev–Trinajstić information content (AvgIpc) is 3.23. The number of carbonyl (C=O) groups excluding carboxylic acids is 1. The Balaban J connectivity index is 1.77. The molecule has 0 fully saturated rings. The topological polar surface area (TPSA) is 58.3 Å². The van der Waals surface area contributed by atoms with Crippen molar-refractivity contribution in [1.82, 2.24) is 9.47 Å². The van der Waals surface area contributed by atoms with E-state index in [1.165, 1.54) is 42.1 Å². The van der Waals surface area contributed by atoms with Crippen LogP contribution in [0, 0.1) is 11.2 Å². The monoisotopic (exact) mass is 497 g/mol. The first kappa shape index (κ1) is 25.9. The van der Waals surface area contributed by atoms with Gasteiger partial charge in [-0.2, -0.15) is 0 Å². The van der Waals surface area contributed by atoms with Gasteiger partial charge in [0.1, 0.15) is 5.82 Å². The smallest absolute Gasteiger partial charge is 0.307 e. The third kappa shape index (κ3) is 5.19. The van der Waals surface area contributed by atoms with Gasteiger partial charge in [0, 0.05) is 41.8 Å².